The number of benzene rings is 3. The highest BCUT2D eigenvalue weighted by atomic mass is 19.1. The molecule has 1 atom stereocenters. The molecular formula is C23H22FNO2. The van der Waals surface area contributed by atoms with Crippen molar-refractivity contribution in [2.45, 2.75) is 13.0 Å². The summed E-state index contributed by atoms with van der Waals surface area (Å²) in [5, 5.41) is 0. The lowest BCUT2D eigenvalue weighted by Crippen LogP contribution is -2.35. The van der Waals surface area contributed by atoms with Crippen LogP contribution in [0.3, 0.4) is 0 Å². The van der Waals surface area contributed by atoms with Crippen LogP contribution in [0.1, 0.15) is 22.7 Å². The molecule has 0 saturated heterocycles. The molecule has 27 heavy (non-hydrogen) atoms. The van der Waals surface area contributed by atoms with Gasteiger partial charge in [-0.05, 0) is 47.9 Å². The number of hydrogen-bond acceptors (Lipinski definition) is 2. The van der Waals surface area contributed by atoms with Gasteiger partial charge in [0.25, 0.3) is 5.91 Å². The van der Waals surface area contributed by atoms with E-state index in [1.807, 2.05) is 61.5 Å². The van der Waals surface area contributed by atoms with Crippen LogP contribution in [0.2, 0.25) is 0 Å². The van der Waals surface area contributed by atoms with Gasteiger partial charge in [0, 0.05) is 7.05 Å². The van der Waals surface area contributed by atoms with Crippen LogP contribution in [-0.2, 0) is 4.79 Å². The van der Waals surface area contributed by atoms with Crippen molar-refractivity contribution in [3.05, 3.63) is 101 Å². The molecule has 0 bridgehead atoms. The second kappa shape index (κ2) is 8.49. The molecule has 0 radical (unpaired) electrons. The minimum Gasteiger partial charge on any atom is -0.484 e. The first-order chi connectivity index (χ1) is 13.0. The molecular weight excluding hydrogens is 341 g/mol. The predicted molar refractivity (Wildman–Crippen MR) is 104 cm³/mol. The summed E-state index contributed by atoms with van der Waals surface area (Å²) in [5.74, 6) is 0.201. The Morgan fingerprint density at radius 3 is 2.30 bits per heavy atom. The first-order valence-electron chi connectivity index (χ1n) is 8.80. The largest absolute Gasteiger partial charge is 0.484 e. The number of carbonyl (C=O) groups excluding carboxylic acids is 1. The van der Waals surface area contributed by atoms with Gasteiger partial charge in [-0.1, -0.05) is 54.6 Å². The number of halogens is 1. The summed E-state index contributed by atoms with van der Waals surface area (Å²) >= 11 is 0. The lowest BCUT2D eigenvalue weighted by Gasteiger charge is -2.29. The molecule has 3 aromatic rings. The zero-order valence-electron chi connectivity index (χ0n) is 15.4. The van der Waals surface area contributed by atoms with Gasteiger partial charge in [-0.2, -0.15) is 0 Å². The smallest absolute Gasteiger partial charge is 0.261 e. The van der Waals surface area contributed by atoms with Crippen LogP contribution in [0.5, 0.6) is 5.75 Å². The van der Waals surface area contributed by atoms with Gasteiger partial charge in [0.2, 0.25) is 0 Å². The van der Waals surface area contributed by atoms with Crippen molar-refractivity contribution in [2.75, 3.05) is 13.7 Å². The van der Waals surface area contributed by atoms with Crippen molar-refractivity contribution in [1.29, 1.82) is 0 Å². The molecule has 1 amide bonds. The number of amides is 1. The van der Waals surface area contributed by atoms with E-state index in [-0.39, 0.29) is 24.4 Å². The zero-order valence-corrected chi connectivity index (χ0v) is 15.4. The highest BCUT2D eigenvalue weighted by molar-refractivity contribution is 5.78. The molecule has 3 nitrogen and oxygen atoms in total. The number of ether oxygens (including phenoxy) is 1. The van der Waals surface area contributed by atoms with Crippen LogP contribution in [0, 0.1) is 12.7 Å². The van der Waals surface area contributed by atoms with Gasteiger partial charge in [0.05, 0.1) is 6.04 Å². The van der Waals surface area contributed by atoms with E-state index in [1.54, 1.807) is 24.1 Å². The number of carbonyl (C=O) groups is 1. The highest BCUT2D eigenvalue weighted by Gasteiger charge is 2.23. The van der Waals surface area contributed by atoms with Crippen LogP contribution >= 0.6 is 0 Å². The van der Waals surface area contributed by atoms with E-state index in [1.165, 1.54) is 12.1 Å². The summed E-state index contributed by atoms with van der Waals surface area (Å²) in [5.41, 5.74) is 2.87. The molecule has 0 spiro atoms. The molecule has 3 rings (SSSR count). The Labute approximate surface area is 159 Å². The predicted octanol–water partition coefficient (Wildman–Crippen LogP) is 4.76. The lowest BCUT2D eigenvalue weighted by atomic mass is 9.97. The first kappa shape index (κ1) is 18.6. The fraction of sp³-hybridized carbons (Fsp3) is 0.174. The molecule has 0 heterocycles. The molecule has 4 heteroatoms. The third kappa shape index (κ3) is 4.73. The standard InChI is InChI=1S/C23H22FNO2/c1-17-7-6-10-21(15-17)27-16-22(26)25(2)23(18-8-4-3-5-9-18)19-11-13-20(24)14-12-19/h3-15,23H,16H2,1-2H3. The van der Waals surface area contributed by atoms with Crippen LogP contribution in [0.25, 0.3) is 0 Å². The second-order valence-electron chi connectivity index (χ2n) is 6.47. The fourth-order valence-electron chi connectivity index (χ4n) is 3.02. The number of hydrogen-bond donors (Lipinski definition) is 0. The van der Waals surface area contributed by atoms with E-state index in [0.29, 0.717) is 5.75 Å². The van der Waals surface area contributed by atoms with Gasteiger partial charge < -0.3 is 9.64 Å². The Bertz CT molecular complexity index is 894. The van der Waals surface area contributed by atoms with Gasteiger partial charge in [0.1, 0.15) is 11.6 Å². The summed E-state index contributed by atoms with van der Waals surface area (Å²) in [6.07, 6.45) is 0. The SMILES string of the molecule is Cc1cccc(OCC(=O)N(C)C(c2ccccc2)c2ccc(F)cc2)c1. The molecule has 0 fully saturated rings. The molecule has 0 aliphatic heterocycles. The van der Waals surface area contributed by atoms with Crippen LogP contribution < -0.4 is 4.74 Å². The summed E-state index contributed by atoms with van der Waals surface area (Å²) in [7, 11) is 1.74. The summed E-state index contributed by atoms with van der Waals surface area (Å²) in [4.78, 5) is 14.4. The molecule has 0 aromatic heterocycles. The molecule has 1 unspecified atom stereocenters. The van der Waals surface area contributed by atoms with E-state index in [4.69, 9.17) is 4.74 Å². The van der Waals surface area contributed by atoms with E-state index in [9.17, 15) is 9.18 Å². The quantitative estimate of drug-likeness (QED) is 0.632. The van der Waals surface area contributed by atoms with Crippen molar-refractivity contribution in [3.63, 3.8) is 0 Å². The Morgan fingerprint density at radius 2 is 1.63 bits per heavy atom. The maximum Gasteiger partial charge on any atom is 0.261 e. The van der Waals surface area contributed by atoms with Gasteiger partial charge in [0.15, 0.2) is 6.61 Å². The average Bonchev–Trinajstić information content (AvgIpc) is 2.68. The molecule has 138 valence electrons. The Balaban J connectivity index is 1.80. The van der Waals surface area contributed by atoms with Crippen LogP contribution in [-0.4, -0.2) is 24.5 Å². The van der Waals surface area contributed by atoms with Crippen molar-refractivity contribution in [1.82, 2.24) is 4.90 Å². The minimum atomic E-state index is -0.319. The topological polar surface area (TPSA) is 29.5 Å². The zero-order chi connectivity index (χ0) is 19.2. The van der Waals surface area contributed by atoms with Gasteiger partial charge in [-0.3, -0.25) is 4.79 Å². The van der Waals surface area contributed by atoms with E-state index in [2.05, 4.69) is 0 Å². The maximum absolute atomic E-state index is 13.4. The number of aryl methyl sites for hydroxylation is 1. The summed E-state index contributed by atoms with van der Waals surface area (Å²) in [6.45, 7) is 1.91. The molecule has 0 N–H and O–H groups in total. The number of nitrogens with zero attached hydrogens (tertiary/aromatic N) is 1. The maximum atomic E-state index is 13.4. The Hall–Kier alpha value is -3.14. The van der Waals surface area contributed by atoms with Crippen LogP contribution in [0.4, 0.5) is 4.39 Å². The molecule has 0 saturated carbocycles. The molecule has 0 aliphatic carbocycles. The molecule has 3 aromatic carbocycles. The van der Waals surface area contributed by atoms with Gasteiger partial charge >= 0.3 is 0 Å². The van der Waals surface area contributed by atoms with Crippen molar-refractivity contribution >= 4 is 5.91 Å². The monoisotopic (exact) mass is 363 g/mol. The third-order valence-corrected chi connectivity index (χ3v) is 4.43. The second-order valence-corrected chi connectivity index (χ2v) is 6.47. The fourth-order valence-corrected chi connectivity index (χ4v) is 3.02. The van der Waals surface area contributed by atoms with E-state index in [0.717, 1.165) is 16.7 Å². The summed E-state index contributed by atoms with van der Waals surface area (Å²) in [6, 6.07) is 23.2. The summed E-state index contributed by atoms with van der Waals surface area (Å²) < 4.78 is 19.0. The van der Waals surface area contributed by atoms with Crippen molar-refractivity contribution in [3.8, 4) is 5.75 Å². The highest BCUT2D eigenvalue weighted by Crippen LogP contribution is 2.28. The Kier molecular flexibility index (Phi) is 5.87. The number of rotatable bonds is 6. The normalized spacial score (nSPS) is 11.7. The van der Waals surface area contributed by atoms with Gasteiger partial charge in [-0.25, -0.2) is 4.39 Å². The van der Waals surface area contributed by atoms with Crippen LogP contribution in [0.15, 0.2) is 78.9 Å². The first-order valence-corrected chi connectivity index (χ1v) is 8.80. The van der Waals surface area contributed by atoms with Crippen molar-refractivity contribution in [2.24, 2.45) is 0 Å². The van der Waals surface area contributed by atoms with E-state index < -0.39 is 0 Å². The Morgan fingerprint density at radius 1 is 0.963 bits per heavy atom. The van der Waals surface area contributed by atoms with Crippen molar-refractivity contribution < 1.29 is 13.9 Å². The third-order valence-electron chi connectivity index (χ3n) is 4.43. The lowest BCUT2D eigenvalue weighted by molar-refractivity contribution is -0.133. The molecule has 0 aliphatic rings. The average molecular weight is 363 g/mol. The minimum absolute atomic E-state index is 0.0650. The van der Waals surface area contributed by atoms with Gasteiger partial charge in [-0.15, -0.1) is 0 Å². The number of likely N-dealkylation sites (N-methyl/N-ethyl adjacent to an activating group) is 1. The van der Waals surface area contributed by atoms with E-state index >= 15 is 0 Å².